The number of hydrogen-bond donors (Lipinski definition) is 3. The molecule has 9 nitrogen and oxygen atoms in total. The number of thioether (sulfide) groups is 1. The number of aliphatic hydroxyl groups is 1. The third kappa shape index (κ3) is 8.98. The number of nitrogens with one attached hydrogen (secondary N) is 1. The maximum Gasteiger partial charge on any atom is 0.303 e. The number of rotatable bonds is 13. The van der Waals surface area contributed by atoms with Crippen molar-refractivity contribution in [1.29, 1.82) is 0 Å². The molecule has 1 aromatic heterocycles. The number of benzene rings is 3. The van der Waals surface area contributed by atoms with Crippen molar-refractivity contribution in [3.8, 4) is 11.1 Å². The molecule has 1 saturated heterocycles. The van der Waals surface area contributed by atoms with Crippen LogP contribution in [-0.4, -0.2) is 43.9 Å². The minimum absolute atomic E-state index is 0.0120. The lowest BCUT2D eigenvalue weighted by Crippen LogP contribution is -2.38. The van der Waals surface area contributed by atoms with E-state index in [2.05, 4.69) is 22.2 Å². The molecule has 0 bridgehead atoms. The van der Waals surface area contributed by atoms with Gasteiger partial charge in [-0.15, -0.1) is 0 Å². The maximum atomic E-state index is 12.1. The number of ether oxygens (including phenoxy) is 2. The summed E-state index contributed by atoms with van der Waals surface area (Å²) in [5, 5.41) is 21.8. The summed E-state index contributed by atoms with van der Waals surface area (Å²) >= 11 is 1.56. The van der Waals surface area contributed by atoms with E-state index in [1.165, 1.54) is 0 Å². The molecule has 1 aliphatic heterocycles. The minimum atomic E-state index is -0.900. The summed E-state index contributed by atoms with van der Waals surface area (Å²) in [6.45, 7) is 2.49. The van der Waals surface area contributed by atoms with Crippen LogP contribution < -0.4 is 5.32 Å². The molecule has 5 rings (SSSR count). The van der Waals surface area contributed by atoms with Gasteiger partial charge < -0.3 is 25.0 Å². The number of carboxylic acids is 1. The van der Waals surface area contributed by atoms with E-state index < -0.39 is 12.3 Å². The van der Waals surface area contributed by atoms with Crippen molar-refractivity contribution >= 4 is 23.6 Å². The highest BCUT2D eigenvalue weighted by molar-refractivity contribution is 7.99. The monoisotopic (exact) mass is 627 g/mol. The molecule has 10 heteroatoms. The lowest BCUT2D eigenvalue weighted by Gasteiger charge is -2.41. The van der Waals surface area contributed by atoms with E-state index in [1.807, 2.05) is 72.8 Å². The molecule has 0 unspecified atom stereocenters. The zero-order valence-electron chi connectivity index (χ0n) is 25.0. The Hall–Kier alpha value is -4.09. The number of aliphatic hydroxyl groups excluding tert-OH is 1. The summed E-state index contributed by atoms with van der Waals surface area (Å²) in [5.41, 5.74) is 5.76. The molecular weight excluding hydrogens is 590 g/mol. The maximum absolute atomic E-state index is 12.1. The van der Waals surface area contributed by atoms with Gasteiger partial charge in [0.2, 0.25) is 5.91 Å². The molecule has 2 heterocycles. The predicted molar refractivity (Wildman–Crippen MR) is 171 cm³/mol. The van der Waals surface area contributed by atoms with Gasteiger partial charge in [-0.1, -0.05) is 85.4 Å². The fraction of sp³-hybridized carbons (Fsp3) is 0.314. The quantitative estimate of drug-likeness (QED) is 0.119. The Balaban J connectivity index is 1.28. The van der Waals surface area contributed by atoms with Crippen LogP contribution in [0.25, 0.3) is 11.1 Å². The Bertz CT molecular complexity index is 1550. The molecule has 0 saturated carbocycles. The van der Waals surface area contributed by atoms with Crippen molar-refractivity contribution in [3.05, 3.63) is 114 Å². The van der Waals surface area contributed by atoms with Crippen LogP contribution in [0.1, 0.15) is 60.8 Å². The summed E-state index contributed by atoms with van der Waals surface area (Å²) in [5.74, 6) is -0.347. The second-order valence-electron chi connectivity index (χ2n) is 11.0. The van der Waals surface area contributed by atoms with Gasteiger partial charge in [-0.2, -0.15) is 0 Å². The van der Waals surface area contributed by atoms with Crippen molar-refractivity contribution in [3.63, 3.8) is 0 Å². The Morgan fingerprint density at radius 3 is 2.31 bits per heavy atom. The van der Waals surface area contributed by atoms with E-state index in [4.69, 9.17) is 14.6 Å². The van der Waals surface area contributed by atoms with Crippen molar-refractivity contribution in [2.24, 2.45) is 5.92 Å². The van der Waals surface area contributed by atoms with E-state index in [0.29, 0.717) is 23.9 Å². The first-order chi connectivity index (χ1) is 21.9. The number of nitrogens with zero attached hydrogens (tertiary/aromatic N) is 2. The topological polar surface area (TPSA) is 131 Å². The Kier molecular flexibility index (Phi) is 11.3. The Morgan fingerprint density at radius 1 is 0.867 bits per heavy atom. The molecule has 1 aliphatic rings. The summed E-state index contributed by atoms with van der Waals surface area (Å²) in [6.07, 6.45) is 3.03. The number of carbonyl (C=O) groups is 2. The molecule has 0 radical (unpaired) electrons. The second kappa shape index (κ2) is 15.8. The van der Waals surface area contributed by atoms with E-state index in [-0.39, 0.29) is 43.5 Å². The smallest absolute Gasteiger partial charge is 0.303 e. The normalized spacial score (nSPS) is 19.6. The van der Waals surface area contributed by atoms with Crippen molar-refractivity contribution in [2.45, 2.75) is 63.0 Å². The summed E-state index contributed by atoms with van der Waals surface area (Å²) in [6, 6.07) is 25.7. The van der Waals surface area contributed by atoms with Crippen molar-refractivity contribution in [2.75, 3.05) is 5.75 Å². The number of amides is 1. The fourth-order valence-corrected chi connectivity index (χ4v) is 6.18. The van der Waals surface area contributed by atoms with Crippen LogP contribution >= 0.6 is 11.8 Å². The Labute approximate surface area is 267 Å². The molecule has 0 aliphatic carbocycles. The van der Waals surface area contributed by atoms with Gasteiger partial charge in [-0.25, -0.2) is 9.97 Å². The highest BCUT2D eigenvalue weighted by atomic mass is 32.2. The van der Waals surface area contributed by atoms with Crippen LogP contribution in [0.3, 0.4) is 0 Å². The molecule has 1 amide bonds. The highest BCUT2D eigenvalue weighted by Gasteiger charge is 2.38. The van der Waals surface area contributed by atoms with Crippen LogP contribution in [0.2, 0.25) is 0 Å². The molecule has 234 valence electrons. The van der Waals surface area contributed by atoms with Gasteiger partial charge in [0.1, 0.15) is 0 Å². The van der Waals surface area contributed by atoms with E-state index in [0.717, 1.165) is 33.4 Å². The first kappa shape index (κ1) is 32.3. The lowest BCUT2D eigenvalue weighted by molar-refractivity contribution is -0.268. The number of aromatic nitrogens is 2. The van der Waals surface area contributed by atoms with E-state index >= 15 is 0 Å². The largest absolute Gasteiger partial charge is 0.481 e. The number of hydrogen-bond acceptors (Lipinski definition) is 8. The highest BCUT2D eigenvalue weighted by Crippen LogP contribution is 2.43. The second-order valence-corrected chi connectivity index (χ2v) is 12.0. The molecule has 0 spiro atoms. The van der Waals surface area contributed by atoms with E-state index in [1.54, 1.807) is 30.2 Å². The zero-order chi connectivity index (χ0) is 31.6. The van der Waals surface area contributed by atoms with Gasteiger partial charge in [0, 0.05) is 49.0 Å². The Morgan fingerprint density at radius 2 is 1.60 bits per heavy atom. The van der Waals surface area contributed by atoms with Crippen LogP contribution in [-0.2, 0) is 32.2 Å². The van der Waals surface area contributed by atoms with Crippen LogP contribution in [0, 0.1) is 5.92 Å². The van der Waals surface area contributed by atoms with Crippen molar-refractivity contribution in [1.82, 2.24) is 15.3 Å². The van der Waals surface area contributed by atoms with Gasteiger partial charge in [-0.05, 0) is 46.4 Å². The molecule has 45 heavy (non-hydrogen) atoms. The molecule has 4 atom stereocenters. The van der Waals surface area contributed by atoms with Crippen molar-refractivity contribution < 1.29 is 29.3 Å². The van der Waals surface area contributed by atoms with Crippen LogP contribution in [0.15, 0.2) is 96.4 Å². The van der Waals surface area contributed by atoms with Crippen LogP contribution in [0.4, 0.5) is 0 Å². The first-order valence-electron chi connectivity index (χ1n) is 15.0. The SMILES string of the molecule is C[C@H]1[C@@H](CSc2ncccn2)O[C@@H](c2ccc(-c3cccc(CNC(=O)CCCC(=O)O)c3)cc2)O[C@H]1c1ccc(CO)cc1. The first-order valence-corrected chi connectivity index (χ1v) is 16.0. The van der Waals surface area contributed by atoms with Gasteiger partial charge in [-0.3, -0.25) is 9.59 Å². The van der Waals surface area contributed by atoms with E-state index in [9.17, 15) is 14.7 Å². The van der Waals surface area contributed by atoms with Crippen LogP contribution in [0.5, 0.6) is 0 Å². The van der Waals surface area contributed by atoms with Gasteiger partial charge in [0.05, 0.1) is 18.8 Å². The molecule has 3 N–H and O–H groups in total. The zero-order valence-corrected chi connectivity index (χ0v) is 25.9. The number of aliphatic carboxylic acids is 1. The summed E-state index contributed by atoms with van der Waals surface area (Å²) in [7, 11) is 0. The van der Waals surface area contributed by atoms with Gasteiger partial charge in [0.15, 0.2) is 11.4 Å². The number of carbonyl (C=O) groups excluding carboxylic acids is 1. The third-order valence-corrected chi connectivity index (χ3v) is 8.73. The predicted octanol–water partition coefficient (Wildman–Crippen LogP) is 6.09. The summed E-state index contributed by atoms with van der Waals surface area (Å²) < 4.78 is 13.1. The lowest BCUT2D eigenvalue weighted by atomic mass is 9.91. The fourth-order valence-electron chi connectivity index (χ4n) is 5.21. The molecular formula is C35H37N3O6S. The average molecular weight is 628 g/mol. The third-order valence-electron chi connectivity index (χ3n) is 7.77. The molecule has 3 aromatic carbocycles. The average Bonchev–Trinajstić information content (AvgIpc) is 3.07. The standard InChI is InChI=1S/C35H37N3O6S/c1-23-30(22-45-35-36-17-4-18-37-35)43-34(44-33(23)27-11-9-24(21-39)10-12-27)28-15-13-26(14-16-28)29-6-2-5-25(19-29)20-38-31(40)7-3-8-32(41)42/h2,4-6,9-19,23,30,33-34,39H,3,7-8,20-22H2,1H3,(H,38,40)(H,41,42)/t23-,30+,33+,34+/m0/s1. The van der Waals surface area contributed by atoms with Gasteiger partial charge >= 0.3 is 5.97 Å². The van der Waals surface area contributed by atoms with Gasteiger partial charge in [0.25, 0.3) is 0 Å². The number of carboxylic acid groups (broad SMARTS) is 1. The summed E-state index contributed by atoms with van der Waals surface area (Å²) in [4.78, 5) is 31.5. The molecule has 4 aromatic rings. The molecule has 1 fully saturated rings. The minimum Gasteiger partial charge on any atom is -0.481 e.